The van der Waals surface area contributed by atoms with Gasteiger partial charge in [-0.15, -0.1) is 0 Å². The molecule has 3 aromatic carbocycles. The van der Waals surface area contributed by atoms with Gasteiger partial charge in [0, 0.05) is 16.5 Å². The Kier molecular flexibility index (Phi) is 7.10. The van der Waals surface area contributed by atoms with Crippen molar-refractivity contribution >= 4 is 23.1 Å². The number of nitrogens with one attached hydrogen (secondary N) is 1. The average molecular weight is 439 g/mol. The van der Waals surface area contributed by atoms with E-state index >= 15 is 0 Å². The Morgan fingerprint density at radius 3 is 2.33 bits per heavy atom. The number of para-hydroxylation sites is 1. The average Bonchev–Trinajstić information content (AvgIpc) is 2.87. The number of hydrogen-bond donors (Lipinski definition) is 1. The highest BCUT2D eigenvalue weighted by Gasteiger charge is 2.21. The van der Waals surface area contributed by atoms with Gasteiger partial charge in [-0.25, -0.2) is 4.98 Å². The zero-order valence-electron chi connectivity index (χ0n) is 18.5. The lowest BCUT2D eigenvalue weighted by molar-refractivity contribution is -0.121. The second kappa shape index (κ2) is 10.6. The Morgan fingerprint density at radius 2 is 1.64 bits per heavy atom. The van der Waals surface area contributed by atoms with Crippen LogP contribution in [0.25, 0.3) is 22.2 Å². The SMILES string of the molecule is CC[C@H](NC(=O)Cc1c(OCC=O)c(-c2ccccc2)nc2ccccc12)c1ccccc1. The van der Waals surface area contributed by atoms with E-state index in [9.17, 15) is 9.59 Å². The summed E-state index contributed by atoms with van der Waals surface area (Å²) in [6.07, 6.45) is 1.59. The van der Waals surface area contributed by atoms with Crippen LogP contribution in [0, 0.1) is 0 Å². The van der Waals surface area contributed by atoms with E-state index in [1.807, 2.05) is 91.9 Å². The van der Waals surface area contributed by atoms with E-state index < -0.39 is 0 Å². The monoisotopic (exact) mass is 438 g/mol. The Morgan fingerprint density at radius 1 is 0.970 bits per heavy atom. The number of amides is 1. The van der Waals surface area contributed by atoms with Gasteiger partial charge < -0.3 is 10.1 Å². The molecule has 1 N–H and O–H groups in total. The topological polar surface area (TPSA) is 68.3 Å². The lowest BCUT2D eigenvalue weighted by Gasteiger charge is -2.20. The number of aldehydes is 1. The molecule has 1 aromatic heterocycles. The summed E-state index contributed by atoms with van der Waals surface area (Å²) in [6, 6.07) is 27.2. The molecule has 0 saturated carbocycles. The van der Waals surface area contributed by atoms with E-state index in [0.717, 1.165) is 34.0 Å². The summed E-state index contributed by atoms with van der Waals surface area (Å²) in [7, 11) is 0. The number of nitrogens with zero attached hydrogens (tertiary/aromatic N) is 1. The number of fused-ring (bicyclic) bond motifs is 1. The number of pyridine rings is 1. The van der Waals surface area contributed by atoms with E-state index in [2.05, 4.69) is 5.32 Å². The summed E-state index contributed by atoms with van der Waals surface area (Å²) >= 11 is 0. The molecule has 166 valence electrons. The predicted octanol–water partition coefficient (Wildman–Crippen LogP) is 5.29. The highest BCUT2D eigenvalue weighted by Crippen LogP contribution is 2.36. The molecular weight excluding hydrogens is 412 g/mol. The number of carbonyl (C=O) groups excluding carboxylic acids is 2. The number of carbonyl (C=O) groups is 2. The van der Waals surface area contributed by atoms with Crippen LogP contribution in [0.3, 0.4) is 0 Å². The highest BCUT2D eigenvalue weighted by molar-refractivity contribution is 5.93. The highest BCUT2D eigenvalue weighted by atomic mass is 16.5. The van der Waals surface area contributed by atoms with Crippen LogP contribution in [0.15, 0.2) is 84.9 Å². The minimum Gasteiger partial charge on any atom is -0.484 e. The summed E-state index contributed by atoms with van der Waals surface area (Å²) in [4.78, 5) is 29.2. The molecule has 4 rings (SSSR count). The smallest absolute Gasteiger partial charge is 0.225 e. The minimum absolute atomic E-state index is 0.0836. The molecule has 0 unspecified atom stereocenters. The van der Waals surface area contributed by atoms with Gasteiger partial charge in [0.2, 0.25) is 5.91 Å². The van der Waals surface area contributed by atoms with Crippen molar-refractivity contribution in [3.8, 4) is 17.0 Å². The Balaban J connectivity index is 1.76. The summed E-state index contributed by atoms with van der Waals surface area (Å²) in [5.74, 6) is 0.354. The number of benzene rings is 3. The van der Waals surface area contributed by atoms with Crippen LogP contribution >= 0.6 is 0 Å². The third kappa shape index (κ3) is 5.09. The van der Waals surface area contributed by atoms with Crippen molar-refractivity contribution in [2.45, 2.75) is 25.8 Å². The Labute approximate surface area is 193 Å². The van der Waals surface area contributed by atoms with Crippen molar-refractivity contribution in [2.24, 2.45) is 0 Å². The number of hydrogen-bond acceptors (Lipinski definition) is 4. The van der Waals surface area contributed by atoms with Gasteiger partial charge in [0.25, 0.3) is 0 Å². The molecule has 0 aliphatic rings. The second-order valence-corrected chi connectivity index (χ2v) is 7.74. The summed E-state index contributed by atoms with van der Waals surface area (Å²) in [6.45, 7) is 1.93. The molecule has 0 radical (unpaired) electrons. The quantitative estimate of drug-likeness (QED) is 0.361. The van der Waals surface area contributed by atoms with Gasteiger partial charge in [-0.2, -0.15) is 0 Å². The van der Waals surface area contributed by atoms with Gasteiger partial charge in [0.15, 0.2) is 12.0 Å². The zero-order chi connectivity index (χ0) is 23.0. The maximum Gasteiger partial charge on any atom is 0.225 e. The van der Waals surface area contributed by atoms with Crippen molar-refractivity contribution < 1.29 is 14.3 Å². The van der Waals surface area contributed by atoms with E-state index in [-0.39, 0.29) is 25.0 Å². The molecule has 0 bridgehead atoms. The fraction of sp³-hybridized carbons (Fsp3) is 0.179. The Bertz CT molecular complexity index is 1240. The summed E-state index contributed by atoms with van der Waals surface area (Å²) in [5, 5.41) is 3.99. The van der Waals surface area contributed by atoms with Gasteiger partial charge >= 0.3 is 0 Å². The number of aromatic nitrogens is 1. The second-order valence-electron chi connectivity index (χ2n) is 7.74. The van der Waals surface area contributed by atoms with Crippen LogP contribution in [0.5, 0.6) is 5.75 Å². The third-order valence-electron chi connectivity index (χ3n) is 5.58. The van der Waals surface area contributed by atoms with Crippen molar-refractivity contribution in [1.29, 1.82) is 0 Å². The molecule has 0 aliphatic heterocycles. The first kappa shape index (κ1) is 22.2. The third-order valence-corrected chi connectivity index (χ3v) is 5.58. The van der Waals surface area contributed by atoms with Crippen LogP contribution in [-0.4, -0.2) is 23.8 Å². The van der Waals surface area contributed by atoms with Crippen LogP contribution in [0.2, 0.25) is 0 Å². The molecule has 5 nitrogen and oxygen atoms in total. The zero-order valence-corrected chi connectivity index (χ0v) is 18.5. The first-order valence-electron chi connectivity index (χ1n) is 11.1. The van der Waals surface area contributed by atoms with Crippen LogP contribution in [0.4, 0.5) is 0 Å². The number of rotatable bonds is 9. The summed E-state index contributed by atoms with van der Waals surface area (Å²) in [5.41, 5.74) is 4.04. The Hall–Kier alpha value is -3.99. The van der Waals surface area contributed by atoms with Crippen molar-refractivity contribution in [3.63, 3.8) is 0 Å². The predicted molar refractivity (Wildman–Crippen MR) is 130 cm³/mol. The molecule has 5 heteroatoms. The normalized spacial score (nSPS) is 11.7. The van der Waals surface area contributed by atoms with Gasteiger partial charge in [-0.05, 0) is 18.1 Å². The number of ether oxygens (including phenoxy) is 1. The van der Waals surface area contributed by atoms with Gasteiger partial charge in [0.1, 0.15) is 12.3 Å². The molecule has 0 saturated heterocycles. The standard InChI is InChI=1S/C28H26N2O3/c1-2-24(20-11-5-3-6-12-20)29-26(32)19-23-22-15-9-10-16-25(22)30-27(28(23)33-18-17-31)21-13-7-4-8-14-21/h3-17,24H,2,18-19H2,1H3,(H,29,32)/t24-/m0/s1. The molecule has 1 heterocycles. The fourth-order valence-electron chi connectivity index (χ4n) is 4.02. The van der Waals surface area contributed by atoms with Gasteiger partial charge in [0.05, 0.1) is 18.0 Å². The molecule has 1 amide bonds. The first-order chi connectivity index (χ1) is 16.2. The molecule has 0 fully saturated rings. The lowest BCUT2D eigenvalue weighted by Crippen LogP contribution is -2.29. The lowest BCUT2D eigenvalue weighted by atomic mass is 9.99. The molecule has 1 atom stereocenters. The maximum absolute atomic E-state index is 13.2. The first-order valence-corrected chi connectivity index (χ1v) is 11.1. The fourth-order valence-corrected chi connectivity index (χ4v) is 4.02. The molecular formula is C28H26N2O3. The molecule has 4 aromatic rings. The molecule has 33 heavy (non-hydrogen) atoms. The van der Waals surface area contributed by atoms with Crippen LogP contribution in [-0.2, 0) is 16.0 Å². The molecule has 0 aliphatic carbocycles. The van der Waals surface area contributed by atoms with Crippen LogP contribution < -0.4 is 10.1 Å². The van der Waals surface area contributed by atoms with Crippen LogP contribution in [0.1, 0.15) is 30.5 Å². The van der Waals surface area contributed by atoms with E-state index in [1.54, 1.807) is 0 Å². The summed E-state index contributed by atoms with van der Waals surface area (Å²) < 4.78 is 5.89. The van der Waals surface area contributed by atoms with Gasteiger partial charge in [-0.1, -0.05) is 85.8 Å². The van der Waals surface area contributed by atoms with E-state index in [0.29, 0.717) is 17.7 Å². The van der Waals surface area contributed by atoms with E-state index in [4.69, 9.17) is 9.72 Å². The maximum atomic E-state index is 13.2. The molecule has 0 spiro atoms. The largest absolute Gasteiger partial charge is 0.484 e. The minimum atomic E-state index is -0.115. The van der Waals surface area contributed by atoms with Gasteiger partial charge in [-0.3, -0.25) is 9.59 Å². The van der Waals surface area contributed by atoms with Crippen molar-refractivity contribution in [1.82, 2.24) is 10.3 Å². The van der Waals surface area contributed by atoms with Crippen molar-refractivity contribution in [2.75, 3.05) is 6.61 Å². The van der Waals surface area contributed by atoms with Crippen molar-refractivity contribution in [3.05, 3.63) is 96.1 Å². The van der Waals surface area contributed by atoms with E-state index in [1.165, 1.54) is 0 Å².